The van der Waals surface area contributed by atoms with Gasteiger partial charge in [0.05, 0.1) is 11.7 Å². The van der Waals surface area contributed by atoms with Crippen LogP contribution in [-0.2, 0) is 0 Å². The number of carbonyl (C=O) groups is 1. The van der Waals surface area contributed by atoms with E-state index in [1.54, 1.807) is 6.20 Å². The third kappa shape index (κ3) is 4.06. The average molecular weight is 320 g/mol. The Hall–Kier alpha value is -1.88. The number of benzene rings is 1. The normalized spacial score (nSPS) is 11.7. The Kier molecular flexibility index (Phi) is 4.52. The van der Waals surface area contributed by atoms with E-state index in [2.05, 4.69) is 31.5 Å². The zero-order valence-corrected chi connectivity index (χ0v) is 12.0. The lowest BCUT2D eigenvalue weighted by Gasteiger charge is -2.14. The molecule has 0 aliphatic rings. The van der Waals surface area contributed by atoms with Gasteiger partial charge in [0, 0.05) is 16.4 Å². The maximum absolute atomic E-state index is 11.8. The van der Waals surface area contributed by atoms with Crippen LogP contribution in [0.5, 0.6) is 0 Å². The number of rotatable bonds is 3. The summed E-state index contributed by atoms with van der Waals surface area (Å²) < 4.78 is 0.973. The molecule has 0 saturated carbocycles. The van der Waals surface area contributed by atoms with Gasteiger partial charge in [-0.15, -0.1) is 0 Å². The minimum atomic E-state index is -0.250. The fourth-order valence-corrected chi connectivity index (χ4v) is 1.87. The van der Waals surface area contributed by atoms with Gasteiger partial charge in [0.2, 0.25) is 0 Å². The van der Waals surface area contributed by atoms with Crippen molar-refractivity contribution in [3.8, 4) is 0 Å². The largest absolute Gasteiger partial charge is 0.330 e. The Balaban J connectivity index is 1.93. The highest BCUT2D eigenvalue weighted by Gasteiger charge is 2.09. The number of hydrogen-bond acceptors (Lipinski definition) is 2. The molecule has 0 spiro atoms. The molecule has 2 amide bonds. The Bertz CT molecular complexity index is 542. The molecule has 0 bridgehead atoms. The van der Waals surface area contributed by atoms with E-state index in [1.165, 1.54) is 0 Å². The minimum absolute atomic E-state index is 0.142. The van der Waals surface area contributed by atoms with E-state index in [0.29, 0.717) is 0 Å². The fourth-order valence-electron chi connectivity index (χ4n) is 1.60. The second-order valence-electron chi connectivity index (χ2n) is 4.08. The maximum atomic E-state index is 11.8. The summed E-state index contributed by atoms with van der Waals surface area (Å²) in [7, 11) is 0. The van der Waals surface area contributed by atoms with Crippen molar-refractivity contribution in [3.63, 3.8) is 0 Å². The molecule has 0 unspecified atom stereocenters. The summed E-state index contributed by atoms with van der Waals surface area (Å²) in [5.41, 5.74) is 1.57. The topological polar surface area (TPSA) is 54.0 Å². The van der Waals surface area contributed by atoms with Crippen LogP contribution in [0.1, 0.15) is 18.7 Å². The smallest absolute Gasteiger partial charge is 0.319 e. The molecule has 0 saturated heterocycles. The van der Waals surface area contributed by atoms with E-state index < -0.39 is 0 Å². The highest BCUT2D eigenvalue weighted by Crippen LogP contribution is 2.14. The summed E-state index contributed by atoms with van der Waals surface area (Å²) >= 11 is 3.35. The molecule has 2 N–H and O–H groups in total. The predicted molar refractivity (Wildman–Crippen MR) is 78.9 cm³/mol. The second-order valence-corrected chi connectivity index (χ2v) is 5.00. The summed E-state index contributed by atoms with van der Waals surface area (Å²) in [6, 6.07) is 12.6. The van der Waals surface area contributed by atoms with E-state index in [9.17, 15) is 4.79 Å². The third-order valence-corrected chi connectivity index (χ3v) is 3.11. The van der Waals surface area contributed by atoms with Crippen molar-refractivity contribution >= 4 is 27.6 Å². The third-order valence-electron chi connectivity index (χ3n) is 2.58. The molecular formula is C14H14BrN3O. The second kappa shape index (κ2) is 6.33. The van der Waals surface area contributed by atoms with Crippen LogP contribution < -0.4 is 10.6 Å². The summed E-state index contributed by atoms with van der Waals surface area (Å²) in [4.78, 5) is 16.0. The molecule has 2 aromatic rings. The number of aromatic nitrogens is 1. The molecule has 19 heavy (non-hydrogen) atoms. The van der Waals surface area contributed by atoms with Gasteiger partial charge in [0.1, 0.15) is 0 Å². The maximum Gasteiger partial charge on any atom is 0.319 e. The van der Waals surface area contributed by atoms with E-state index in [-0.39, 0.29) is 12.1 Å². The number of urea groups is 1. The van der Waals surface area contributed by atoms with E-state index in [4.69, 9.17) is 0 Å². The number of carbonyl (C=O) groups excluding carboxylic acids is 1. The number of nitrogens with one attached hydrogen (secondary N) is 2. The quantitative estimate of drug-likeness (QED) is 0.905. The van der Waals surface area contributed by atoms with E-state index >= 15 is 0 Å². The number of nitrogens with zero attached hydrogens (tertiary/aromatic N) is 1. The van der Waals surface area contributed by atoms with Crippen LogP contribution in [0.2, 0.25) is 0 Å². The fraction of sp³-hybridized carbons (Fsp3) is 0.143. The molecule has 1 atom stereocenters. The number of anilines is 1. The van der Waals surface area contributed by atoms with Crippen LogP contribution in [0.4, 0.5) is 10.5 Å². The SMILES string of the molecule is C[C@H](NC(=O)Nc1ccc(Br)cc1)c1ccccn1. The molecule has 1 heterocycles. The van der Waals surface area contributed by atoms with Gasteiger partial charge in [-0.25, -0.2) is 4.79 Å². The van der Waals surface area contributed by atoms with Crippen molar-refractivity contribution in [2.75, 3.05) is 5.32 Å². The zero-order chi connectivity index (χ0) is 13.7. The van der Waals surface area contributed by atoms with Crippen LogP contribution >= 0.6 is 15.9 Å². The Morgan fingerprint density at radius 1 is 1.21 bits per heavy atom. The van der Waals surface area contributed by atoms with Gasteiger partial charge >= 0.3 is 6.03 Å². The lowest BCUT2D eigenvalue weighted by atomic mass is 10.2. The lowest BCUT2D eigenvalue weighted by molar-refractivity contribution is 0.249. The Labute approximate surface area is 120 Å². The monoisotopic (exact) mass is 319 g/mol. The molecule has 0 fully saturated rings. The van der Waals surface area contributed by atoms with Crippen LogP contribution in [0.3, 0.4) is 0 Å². The molecule has 5 heteroatoms. The van der Waals surface area contributed by atoms with Gasteiger partial charge in [0.25, 0.3) is 0 Å². The van der Waals surface area contributed by atoms with Crippen molar-refractivity contribution in [2.45, 2.75) is 13.0 Å². The molecule has 4 nitrogen and oxygen atoms in total. The van der Waals surface area contributed by atoms with Gasteiger partial charge in [-0.2, -0.15) is 0 Å². The molecule has 1 aromatic heterocycles. The molecule has 0 radical (unpaired) electrons. The molecule has 2 rings (SSSR count). The number of pyridine rings is 1. The molecule has 98 valence electrons. The standard InChI is InChI=1S/C14H14BrN3O/c1-10(13-4-2-3-9-16-13)17-14(19)18-12-7-5-11(15)6-8-12/h2-10H,1H3,(H2,17,18,19)/t10-/m0/s1. The summed E-state index contributed by atoms with van der Waals surface area (Å²) in [5, 5.41) is 5.61. The van der Waals surface area contributed by atoms with E-state index in [1.807, 2.05) is 49.4 Å². The van der Waals surface area contributed by atoms with Crippen molar-refractivity contribution in [1.29, 1.82) is 0 Å². The van der Waals surface area contributed by atoms with E-state index in [0.717, 1.165) is 15.9 Å². The van der Waals surface area contributed by atoms with Gasteiger partial charge in [0.15, 0.2) is 0 Å². The zero-order valence-electron chi connectivity index (χ0n) is 10.4. The predicted octanol–water partition coefficient (Wildman–Crippen LogP) is 3.73. The molecule has 1 aromatic carbocycles. The first-order valence-corrected chi connectivity index (χ1v) is 6.68. The number of amides is 2. The van der Waals surface area contributed by atoms with Crippen LogP contribution in [0.15, 0.2) is 53.1 Å². The average Bonchev–Trinajstić information content (AvgIpc) is 2.42. The van der Waals surface area contributed by atoms with Gasteiger partial charge < -0.3 is 10.6 Å². The van der Waals surface area contributed by atoms with Crippen molar-refractivity contribution in [3.05, 3.63) is 58.8 Å². The van der Waals surface area contributed by atoms with Gasteiger partial charge in [-0.3, -0.25) is 4.98 Å². The summed E-state index contributed by atoms with van der Waals surface area (Å²) in [6.45, 7) is 1.89. The van der Waals surface area contributed by atoms with Crippen molar-refractivity contribution < 1.29 is 4.79 Å². The first-order chi connectivity index (χ1) is 9.15. The lowest BCUT2D eigenvalue weighted by Crippen LogP contribution is -2.31. The number of hydrogen-bond donors (Lipinski definition) is 2. The highest BCUT2D eigenvalue weighted by atomic mass is 79.9. The Morgan fingerprint density at radius 3 is 2.58 bits per heavy atom. The molecule has 0 aliphatic heterocycles. The first kappa shape index (κ1) is 13.5. The van der Waals surface area contributed by atoms with Crippen molar-refractivity contribution in [2.24, 2.45) is 0 Å². The number of halogens is 1. The first-order valence-electron chi connectivity index (χ1n) is 5.89. The van der Waals surface area contributed by atoms with Crippen LogP contribution in [0.25, 0.3) is 0 Å². The highest BCUT2D eigenvalue weighted by molar-refractivity contribution is 9.10. The summed E-state index contributed by atoms with van der Waals surface area (Å²) in [6.07, 6.45) is 1.71. The molecule has 0 aliphatic carbocycles. The van der Waals surface area contributed by atoms with Gasteiger partial charge in [-0.1, -0.05) is 22.0 Å². The van der Waals surface area contributed by atoms with Crippen LogP contribution in [0, 0.1) is 0 Å². The van der Waals surface area contributed by atoms with Gasteiger partial charge in [-0.05, 0) is 43.3 Å². The Morgan fingerprint density at radius 2 is 1.95 bits per heavy atom. The van der Waals surface area contributed by atoms with Crippen LogP contribution in [-0.4, -0.2) is 11.0 Å². The van der Waals surface area contributed by atoms with Crippen molar-refractivity contribution in [1.82, 2.24) is 10.3 Å². The minimum Gasteiger partial charge on any atom is -0.330 e. The molecular weight excluding hydrogens is 306 g/mol. The summed E-state index contributed by atoms with van der Waals surface area (Å²) in [5.74, 6) is 0.